The molecule has 0 spiro atoms. The molecule has 0 saturated carbocycles. The third-order valence-corrected chi connectivity index (χ3v) is 2.59. The molecule has 1 aromatic rings. The van der Waals surface area contributed by atoms with Gasteiger partial charge in [0, 0.05) is 14.2 Å². The number of rotatable bonds is 5. The van der Waals surface area contributed by atoms with Crippen LogP contribution in [-0.2, 0) is 23.2 Å². The maximum atomic E-state index is 10.3. The molecule has 1 aromatic heterocycles. The highest BCUT2D eigenvalue weighted by Crippen LogP contribution is 2.18. The summed E-state index contributed by atoms with van der Waals surface area (Å²) in [5.74, 6) is -0.782. The highest BCUT2D eigenvalue weighted by Gasteiger charge is 2.07. The van der Waals surface area contributed by atoms with Gasteiger partial charge in [0.05, 0.1) is 23.1 Å². The van der Waals surface area contributed by atoms with Gasteiger partial charge >= 0.3 is 5.97 Å². The van der Waals surface area contributed by atoms with Crippen molar-refractivity contribution in [1.82, 2.24) is 9.78 Å². The molecule has 0 aliphatic heterocycles. The van der Waals surface area contributed by atoms with Gasteiger partial charge in [-0.1, -0.05) is 11.8 Å². The first-order valence-electron chi connectivity index (χ1n) is 4.00. The smallest absolute Gasteiger partial charge is 0.313 e. The van der Waals surface area contributed by atoms with E-state index in [0.717, 1.165) is 10.7 Å². The predicted octanol–water partition coefficient (Wildman–Crippen LogP) is 0.743. The van der Waals surface area contributed by atoms with Crippen LogP contribution in [0, 0.1) is 0 Å². The Morgan fingerprint density at radius 1 is 1.79 bits per heavy atom. The number of ether oxygens (including phenoxy) is 1. The summed E-state index contributed by atoms with van der Waals surface area (Å²) >= 11 is 1.25. The van der Waals surface area contributed by atoms with E-state index in [-0.39, 0.29) is 5.75 Å². The first-order chi connectivity index (χ1) is 6.63. The molecule has 1 rings (SSSR count). The first-order valence-corrected chi connectivity index (χ1v) is 4.98. The van der Waals surface area contributed by atoms with Crippen LogP contribution in [-0.4, -0.2) is 33.7 Å². The molecule has 0 aliphatic carbocycles. The molecular formula is C8H12N2O3S. The molecule has 0 bridgehead atoms. The van der Waals surface area contributed by atoms with Gasteiger partial charge < -0.3 is 9.84 Å². The Morgan fingerprint density at radius 3 is 3.07 bits per heavy atom. The van der Waals surface area contributed by atoms with Crippen molar-refractivity contribution < 1.29 is 14.6 Å². The third kappa shape index (κ3) is 3.04. The molecule has 6 heteroatoms. The first kappa shape index (κ1) is 11.1. The van der Waals surface area contributed by atoms with Gasteiger partial charge in [0.25, 0.3) is 0 Å². The monoisotopic (exact) mass is 216 g/mol. The lowest BCUT2D eigenvalue weighted by atomic mass is 10.5. The van der Waals surface area contributed by atoms with Gasteiger partial charge in [0.15, 0.2) is 0 Å². The summed E-state index contributed by atoms with van der Waals surface area (Å²) in [5, 5.41) is 13.5. The summed E-state index contributed by atoms with van der Waals surface area (Å²) in [7, 11) is 3.38. The van der Waals surface area contributed by atoms with Crippen molar-refractivity contribution >= 4 is 17.7 Å². The predicted molar refractivity (Wildman–Crippen MR) is 52.3 cm³/mol. The van der Waals surface area contributed by atoms with Crippen molar-refractivity contribution in [1.29, 1.82) is 0 Å². The maximum Gasteiger partial charge on any atom is 0.313 e. The Bertz CT molecular complexity index is 324. The SMILES string of the molecule is COCc1cc(SCC(=O)O)n(C)n1. The summed E-state index contributed by atoms with van der Waals surface area (Å²) < 4.78 is 6.58. The van der Waals surface area contributed by atoms with Crippen LogP contribution in [0.15, 0.2) is 11.1 Å². The number of nitrogens with zero attached hydrogens (tertiary/aromatic N) is 2. The van der Waals surface area contributed by atoms with Gasteiger partial charge in [-0.3, -0.25) is 9.48 Å². The molecule has 0 radical (unpaired) electrons. The Morgan fingerprint density at radius 2 is 2.50 bits per heavy atom. The number of thioether (sulfide) groups is 1. The summed E-state index contributed by atoms with van der Waals surface area (Å²) in [6, 6.07) is 1.83. The van der Waals surface area contributed by atoms with Crippen LogP contribution in [0.25, 0.3) is 0 Å². The van der Waals surface area contributed by atoms with Crippen molar-refractivity contribution in [2.75, 3.05) is 12.9 Å². The van der Waals surface area contributed by atoms with Crippen molar-refractivity contribution in [3.05, 3.63) is 11.8 Å². The number of hydrogen-bond acceptors (Lipinski definition) is 4. The Balaban J connectivity index is 2.62. The van der Waals surface area contributed by atoms with Crippen LogP contribution in [0.5, 0.6) is 0 Å². The molecule has 14 heavy (non-hydrogen) atoms. The average molecular weight is 216 g/mol. The largest absolute Gasteiger partial charge is 0.481 e. The van der Waals surface area contributed by atoms with Gasteiger partial charge in [-0.15, -0.1) is 0 Å². The standard InChI is InChI=1S/C8H12N2O3S/c1-10-7(14-5-8(11)12)3-6(9-10)4-13-2/h3H,4-5H2,1-2H3,(H,11,12). The number of carbonyl (C=O) groups is 1. The zero-order chi connectivity index (χ0) is 10.6. The third-order valence-electron chi connectivity index (χ3n) is 1.52. The molecular weight excluding hydrogens is 204 g/mol. The quantitative estimate of drug-likeness (QED) is 0.735. The summed E-state index contributed by atoms with van der Waals surface area (Å²) in [6.45, 7) is 0.446. The van der Waals surface area contributed by atoms with E-state index in [1.807, 2.05) is 6.07 Å². The van der Waals surface area contributed by atoms with Crippen molar-refractivity contribution in [2.45, 2.75) is 11.6 Å². The fourth-order valence-electron chi connectivity index (χ4n) is 0.996. The lowest BCUT2D eigenvalue weighted by molar-refractivity contribution is -0.133. The van der Waals surface area contributed by atoms with E-state index in [0.29, 0.717) is 6.61 Å². The maximum absolute atomic E-state index is 10.3. The zero-order valence-corrected chi connectivity index (χ0v) is 8.87. The Kier molecular flexibility index (Phi) is 3.97. The number of hydrogen-bond donors (Lipinski definition) is 1. The second-order valence-electron chi connectivity index (χ2n) is 2.71. The lowest BCUT2D eigenvalue weighted by Gasteiger charge is -1.96. The summed E-state index contributed by atoms with van der Waals surface area (Å²) in [4.78, 5) is 10.3. The number of carboxylic acid groups (broad SMARTS) is 1. The fourth-order valence-corrected chi connectivity index (χ4v) is 1.71. The Hall–Kier alpha value is -1.01. The van der Waals surface area contributed by atoms with Crippen molar-refractivity contribution in [2.24, 2.45) is 7.05 Å². The lowest BCUT2D eigenvalue weighted by Crippen LogP contribution is -2.00. The van der Waals surface area contributed by atoms with E-state index >= 15 is 0 Å². The molecule has 0 aliphatic rings. The molecule has 0 atom stereocenters. The Labute approximate surface area is 86.1 Å². The average Bonchev–Trinajstić information content (AvgIpc) is 2.44. The van der Waals surface area contributed by atoms with Gasteiger partial charge in [-0.25, -0.2) is 0 Å². The minimum atomic E-state index is -0.829. The van der Waals surface area contributed by atoms with Crippen LogP contribution in [0.2, 0.25) is 0 Å². The highest BCUT2D eigenvalue weighted by molar-refractivity contribution is 7.99. The molecule has 1 heterocycles. The van der Waals surface area contributed by atoms with Crippen molar-refractivity contribution in [3.8, 4) is 0 Å². The van der Waals surface area contributed by atoms with Crippen molar-refractivity contribution in [3.63, 3.8) is 0 Å². The van der Waals surface area contributed by atoms with E-state index in [1.165, 1.54) is 11.8 Å². The van der Waals surface area contributed by atoms with Crippen LogP contribution in [0.1, 0.15) is 5.69 Å². The highest BCUT2D eigenvalue weighted by atomic mass is 32.2. The van der Waals surface area contributed by atoms with Gasteiger partial charge in [0.2, 0.25) is 0 Å². The zero-order valence-electron chi connectivity index (χ0n) is 8.06. The van der Waals surface area contributed by atoms with Gasteiger partial charge in [0.1, 0.15) is 0 Å². The molecule has 0 aromatic carbocycles. The van der Waals surface area contributed by atoms with Crippen LogP contribution in [0.3, 0.4) is 0 Å². The van der Waals surface area contributed by atoms with Crippen LogP contribution < -0.4 is 0 Å². The molecule has 78 valence electrons. The van der Waals surface area contributed by atoms with E-state index < -0.39 is 5.97 Å². The second kappa shape index (κ2) is 5.02. The van der Waals surface area contributed by atoms with E-state index in [9.17, 15) is 4.79 Å². The molecule has 1 N–H and O–H groups in total. The van der Waals surface area contributed by atoms with Crippen LogP contribution in [0.4, 0.5) is 0 Å². The molecule has 5 nitrogen and oxygen atoms in total. The minimum Gasteiger partial charge on any atom is -0.481 e. The second-order valence-corrected chi connectivity index (χ2v) is 3.71. The number of methoxy groups -OCH3 is 1. The summed E-state index contributed by atoms with van der Waals surface area (Å²) in [5.41, 5.74) is 0.808. The number of aliphatic carboxylic acids is 1. The molecule has 0 unspecified atom stereocenters. The fraction of sp³-hybridized carbons (Fsp3) is 0.500. The molecule has 0 amide bonds. The van der Waals surface area contributed by atoms with E-state index in [2.05, 4.69) is 5.10 Å². The minimum absolute atomic E-state index is 0.0476. The summed E-state index contributed by atoms with van der Waals surface area (Å²) in [6.07, 6.45) is 0. The number of aryl methyl sites for hydroxylation is 1. The normalized spacial score (nSPS) is 10.4. The molecule has 0 saturated heterocycles. The number of aromatic nitrogens is 2. The number of carboxylic acids is 1. The molecule has 0 fully saturated rings. The van der Waals surface area contributed by atoms with Gasteiger partial charge in [-0.05, 0) is 6.07 Å². The van der Waals surface area contributed by atoms with Crippen LogP contribution >= 0.6 is 11.8 Å². The topological polar surface area (TPSA) is 64.3 Å². The van der Waals surface area contributed by atoms with E-state index in [4.69, 9.17) is 9.84 Å². The van der Waals surface area contributed by atoms with E-state index in [1.54, 1.807) is 18.8 Å². The van der Waals surface area contributed by atoms with Gasteiger partial charge in [-0.2, -0.15) is 5.10 Å².